The summed E-state index contributed by atoms with van der Waals surface area (Å²) in [4.78, 5) is 23.2. The lowest BCUT2D eigenvalue weighted by Crippen LogP contribution is -2.75. The van der Waals surface area contributed by atoms with Gasteiger partial charge in [0.15, 0.2) is 0 Å². The summed E-state index contributed by atoms with van der Waals surface area (Å²) in [6, 6.07) is 1.17. The van der Waals surface area contributed by atoms with Crippen LogP contribution in [0, 0.1) is 18.3 Å². The fourth-order valence-electron chi connectivity index (χ4n) is 2.69. The van der Waals surface area contributed by atoms with Gasteiger partial charge in [-0.2, -0.15) is 75.5 Å². The molecule has 0 saturated heterocycles. The summed E-state index contributed by atoms with van der Waals surface area (Å²) in [6.45, 7) is 3.47. The Bertz CT molecular complexity index is 1270. The van der Waals surface area contributed by atoms with E-state index in [0.29, 0.717) is 5.32 Å². The molecule has 42 heavy (non-hydrogen) atoms. The molecule has 0 unspecified atom stereocenters. The molecule has 0 aliphatic rings. The van der Waals surface area contributed by atoms with E-state index in [-0.39, 0.29) is 11.3 Å². The molecule has 0 saturated carbocycles. The fraction of sp³-hybridized carbons (Fsp3) is 0.632. The van der Waals surface area contributed by atoms with Crippen LogP contribution in [0.2, 0.25) is 0 Å². The van der Waals surface area contributed by atoms with Crippen molar-refractivity contribution in [1.82, 2.24) is 0 Å². The quantitative estimate of drug-likeness (QED) is 0.147. The first-order valence-corrected chi connectivity index (χ1v) is 11.3. The minimum absolute atomic E-state index is 0.187. The van der Waals surface area contributed by atoms with Crippen molar-refractivity contribution in [2.75, 3.05) is 5.32 Å². The lowest BCUT2D eigenvalue weighted by atomic mass is 9.89. The molecule has 0 bridgehead atoms. The Hall–Kier alpha value is -2.70. The molecule has 0 radical (unpaired) electrons. The normalized spacial score (nSPS) is 14.6. The van der Waals surface area contributed by atoms with E-state index >= 15 is 0 Å². The van der Waals surface area contributed by atoms with Gasteiger partial charge < -0.3 is 10.1 Å². The molecule has 5 nitrogen and oxygen atoms in total. The van der Waals surface area contributed by atoms with Crippen molar-refractivity contribution in [3.8, 4) is 6.07 Å². The van der Waals surface area contributed by atoms with Gasteiger partial charge in [0.25, 0.3) is 0 Å². The first-order chi connectivity index (χ1) is 18.3. The minimum atomic E-state index is -8.74. The second-order valence-electron chi connectivity index (χ2n) is 8.30. The zero-order chi connectivity index (χ0) is 33.9. The van der Waals surface area contributed by atoms with Crippen LogP contribution in [0.25, 0.3) is 0 Å². The van der Waals surface area contributed by atoms with Crippen molar-refractivity contribution in [1.29, 1.82) is 5.26 Å². The van der Waals surface area contributed by atoms with Crippen LogP contribution in [-0.4, -0.2) is 64.8 Å². The van der Waals surface area contributed by atoms with E-state index in [1.807, 2.05) is 0 Å². The van der Waals surface area contributed by atoms with Crippen molar-refractivity contribution in [2.45, 2.75) is 73.7 Å². The minimum Gasteiger partial charge on any atom is -0.459 e. The number of esters is 1. The number of nitrogens with one attached hydrogen (secondary N) is 1. The second kappa shape index (κ2) is 10.8. The van der Waals surface area contributed by atoms with Crippen LogP contribution in [-0.2, 0) is 9.53 Å². The van der Waals surface area contributed by atoms with E-state index in [4.69, 9.17) is 10.00 Å². The third-order valence-electron chi connectivity index (χ3n) is 5.02. The number of carbonyl (C=O) groups is 2. The van der Waals surface area contributed by atoms with E-state index in [9.17, 15) is 79.8 Å². The van der Waals surface area contributed by atoms with Gasteiger partial charge in [-0.1, -0.05) is 0 Å². The molecule has 1 N–H and O–H groups in total. The molecule has 0 atom stereocenters. The Morgan fingerprint density at radius 3 is 1.52 bits per heavy atom. The van der Waals surface area contributed by atoms with Crippen LogP contribution >= 0.6 is 22.9 Å². The summed E-state index contributed by atoms with van der Waals surface area (Å²) in [5, 5.41) is 1.54. The summed E-state index contributed by atoms with van der Waals surface area (Å²) in [5.41, 5.74) is -1.48. The molecule has 23 heteroatoms. The molecule has 240 valence electrons. The zero-order valence-electron chi connectivity index (χ0n) is 20.1. The smallest absolute Gasteiger partial charge is 0.393 e. The molecule has 1 heterocycles. The van der Waals surface area contributed by atoms with Gasteiger partial charge >= 0.3 is 58.7 Å². The number of ether oxygens (including phenoxy) is 1. The molecule has 1 aromatic rings. The van der Waals surface area contributed by atoms with Crippen LogP contribution in [0.4, 0.5) is 75.2 Å². The van der Waals surface area contributed by atoms with Crippen molar-refractivity contribution in [2.24, 2.45) is 0 Å². The standard InChI is InChI=1S/C19H11ClF16N2O3S/c1-5(2)41-10(39)8-6(3)7(4-37)9(42-8)38-11(40)12(21,22)13(23,24)14(25,26)15(27,28)16(29,30)17(31,32)18(33,34)19(20,35)36/h5H,1-3H3,(H,38,40). The van der Waals surface area contributed by atoms with E-state index in [0.717, 1.165) is 6.92 Å². The summed E-state index contributed by atoms with van der Waals surface area (Å²) in [7, 11) is 0. The van der Waals surface area contributed by atoms with E-state index in [2.05, 4.69) is 11.6 Å². The van der Waals surface area contributed by atoms with E-state index < -0.39 is 85.8 Å². The van der Waals surface area contributed by atoms with Crippen molar-refractivity contribution in [3.63, 3.8) is 0 Å². The van der Waals surface area contributed by atoms with Crippen LogP contribution in [0.3, 0.4) is 0 Å². The number of thiophene rings is 1. The van der Waals surface area contributed by atoms with Gasteiger partial charge in [0.05, 0.1) is 11.7 Å². The maximum absolute atomic E-state index is 14.2. The summed E-state index contributed by atoms with van der Waals surface area (Å²) < 4.78 is 223. The number of alkyl halides is 17. The van der Waals surface area contributed by atoms with Crippen LogP contribution in [0.5, 0.6) is 0 Å². The molecule has 1 aromatic heterocycles. The predicted molar refractivity (Wildman–Crippen MR) is 108 cm³/mol. The molecule has 0 aliphatic heterocycles. The Balaban J connectivity index is 3.65. The number of rotatable bonds is 11. The van der Waals surface area contributed by atoms with Gasteiger partial charge in [-0.25, -0.2) is 4.79 Å². The van der Waals surface area contributed by atoms with Crippen molar-refractivity contribution >= 4 is 39.8 Å². The molecule has 0 fully saturated rings. The third-order valence-corrected chi connectivity index (χ3v) is 6.45. The number of amides is 1. The van der Waals surface area contributed by atoms with Crippen molar-refractivity contribution in [3.05, 3.63) is 16.0 Å². The highest BCUT2D eigenvalue weighted by Crippen LogP contribution is 2.64. The topological polar surface area (TPSA) is 79.2 Å². The van der Waals surface area contributed by atoms with Gasteiger partial charge in [-0.05, 0) is 37.9 Å². The third kappa shape index (κ3) is 5.30. The number of nitriles is 1. The molecule has 0 spiro atoms. The maximum Gasteiger partial charge on any atom is 0.393 e. The Kier molecular flexibility index (Phi) is 9.58. The van der Waals surface area contributed by atoms with E-state index in [1.165, 1.54) is 19.9 Å². The van der Waals surface area contributed by atoms with Gasteiger partial charge in [0.1, 0.15) is 15.9 Å². The predicted octanol–water partition coefficient (Wildman–Crippen LogP) is 7.71. The number of hydrogen-bond acceptors (Lipinski definition) is 5. The number of halogens is 17. The average molecular weight is 687 g/mol. The number of anilines is 1. The second-order valence-corrected chi connectivity index (χ2v) is 9.79. The lowest BCUT2D eigenvalue weighted by Gasteiger charge is -2.42. The van der Waals surface area contributed by atoms with Gasteiger partial charge in [0, 0.05) is 0 Å². The van der Waals surface area contributed by atoms with Gasteiger partial charge in [0.2, 0.25) is 0 Å². The Labute approximate surface area is 231 Å². The van der Waals surface area contributed by atoms with Crippen LogP contribution in [0.1, 0.15) is 34.6 Å². The molecular weight excluding hydrogens is 676 g/mol. The Morgan fingerprint density at radius 1 is 0.786 bits per heavy atom. The zero-order valence-corrected chi connectivity index (χ0v) is 21.7. The SMILES string of the molecule is Cc1c(C(=O)OC(C)C)sc(NC(=O)C(F)(F)C(F)(F)C(F)(F)C(F)(F)C(F)(F)C(F)(F)C(F)(F)C(F)(F)Cl)c1C#N. The van der Waals surface area contributed by atoms with Gasteiger partial charge in [-0.3, -0.25) is 4.79 Å². The number of carbonyl (C=O) groups excluding carboxylic acids is 2. The molecule has 0 aliphatic carbocycles. The van der Waals surface area contributed by atoms with Crippen LogP contribution < -0.4 is 5.32 Å². The van der Waals surface area contributed by atoms with Gasteiger partial charge in [-0.15, -0.1) is 11.3 Å². The highest BCUT2D eigenvalue weighted by Gasteiger charge is 2.95. The van der Waals surface area contributed by atoms with Crippen LogP contribution in [0.15, 0.2) is 0 Å². The summed E-state index contributed by atoms with van der Waals surface area (Å²) in [5.74, 6) is -63.0. The monoisotopic (exact) mass is 686 g/mol. The molecule has 1 amide bonds. The highest BCUT2D eigenvalue weighted by molar-refractivity contribution is 7.18. The summed E-state index contributed by atoms with van der Waals surface area (Å²) in [6.07, 6.45) is -0.865. The average Bonchev–Trinajstić information content (AvgIpc) is 3.11. The first kappa shape index (κ1) is 37.3. The van der Waals surface area contributed by atoms with Crippen molar-refractivity contribution < 1.29 is 84.6 Å². The Morgan fingerprint density at radius 2 is 1.17 bits per heavy atom. The van der Waals surface area contributed by atoms with E-state index in [1.54, 1.807) is 0 Å². The largest absolute Gasteiger partial charge is 0.459 e. The fourth-order valence-corrected chi connectivity index (χ4v) is 3.84. The molecule has 0 aromatic carbocycles. The molecule has 1 rings (SSSR count). The first-order valence-electron chi connectivity index (χ1n) is 10.1. The lowest BCUT2D eigenvalue weighted by molar-refractivity contribution is -0.445. The number of hydrogen-bond donors (Lipinski definition) is 1. The maximum atomic E-state index is 14.2. The molecular formula is C19H11ClF16N2O3S. The number of nitrogens with zero attached hydrogens (tertiary/aromatic N) is 1. The highest BCUT2D eigenvalue weighted by atomic mass is 35.5. The summed E-state index contributed by atoms with van der Waals surface area (Å²) >= 11 is 3.25.